The summed E-state index contributed by atoms with van der Waals surface area (Å²) < 4.78 is 5.31. The first kappa shape index (κ1) is 15.0. The Morgan fingerprint density at radius 2 is 1.72 bits per heavy atom. The molecule has 0 fully saturated rings. The molecule has 0 saturated carbocycles. The van der Waals surface area contributed by atoms with E-state index in [1.807, 2.05) is 27.8 Å². The Labute approximate surface area is 110 Å². The second-order valence-corrected chi connectivity index (χ2v) is 5.77. The lowest BCUT2D eigenvalue weighted by atomic mass is 9.96. The molecule has 0 aromatic carbocycles. The van der Waals surface area contributed by atoms with E-state index in [-0.39, 0.29) is 12.1 Å². The van der Waals surface area contributed by atoms with Crippen LogP contribution >= 0.6 is 0 Å². The van der Waals surface area contributed by atoms with Gasteiger partial charge < -0.3 is 15.4 Å². The Morgan fingerprint density at radius 1 is 1.17 bits per heavy atom. The van der Waals surface area contributed by atoms with Crippen LogP contribution in [0.2, 0.25) is 0 Å². The number of amides is 1. The topological polar surface area (TPSA) is 50.4 Å². The number of carbonyl (C=O) groups excluding carboxylic acids is 1. The van der Waals surface area contributed by atoms with E-state index in [4.69, 9.17) is 4.74 Å². The van der Waals surface area contributed by atoms with Crippen molar-refractivity contribution in [2.45, 2.75) is 64.1 Å². The molecule has 0 aliphatic heterocycles. The van der Waals surface area contributed by atoms with Crippen LogP contribution in [0.25, 0.3) is 0 Å². The number of ether oxygens (including phenoxy) is 1. The zero-order chi connectivity index (χ0) is 13.6. The molecule has 4 heteroatoms. The molecule has 2 atom stereocenters. The van der Waals surface area contributed by atoms with Gasteiger partial charge in [-0.3, -0.25) is 0 Å². The van der Waals surface area contributed by atoms with Crippen LogP contribution in [0.4, 0.5) is 4.79 Å². The molecule has 0 saturated heterocycles. The first-order valence-electron chi connectivity index (χ1n) is 6.74. The van der Waals surface area contributed by atoms with Gasteiger partial charge in [0.05, 0.1) is 0 Å². The molecule has 0 unspecified atom stereocenters. The maximum atomic E-state index is 11.8. The number of likely N-dealkylation sites (N-methyl/N-ethyl adjacent to an activating group) is 1. The van der Waals surface area contributed by atoms with Crippen LogP contribution in [-0.4, -0.2) is 30.8 Å². The predicted molar refractivity (Wildman–Crippen MR) is 73.6 cm³/mol. The van der Waals surface area contributed by atoms with Gasteiger partial charge in [0.1, 0.15) is 5.60 Å². The zero-order valence-electron chi connectivity index (χ0n) is 12.0. The van der Waals surface area contributed by atoms with E-state index in [0.29, 0.717) is 6.04 Å². The van der Waals surface area contributed by atoms with E-state index in [2.05, 4.69) is 22.8 Å². The third-order valence-electron chi connectivity index (χ3n) is 3.01. The van der Waals surface area contributed by atoms with Crippen molar-refractivity contribution >= 4 is 6.09 Å². The summed E-state index contributed by atoms with van der Waals surface area (Å²) in [6, 6.07) is 0.442. The Bertz CT molecular complexity index is 295. The van der Waals surface area contributed by atoms with Crippen molar-refractivity contribution in [3.05, 3.63) is 12.2 Å². The predicted octanol–water partition coefficient (Wildman–Crippen LogP) is 2.60. The van der Waals surface area contributed by atoms with E-state index >= 15 is 0 Å². The SMILES string of the molecule is CN[C@H]1CC/C=C/CC[C@H]1NC(=O)OC(C)(C)C. The monoisotopic (exact) mass is 254 g/mol. The Morgan fingerprint density at radius 3 is 2.22 bits per heavy atom. The van der Waals surface area contributed by atoms with Crippen LogP contribution in [0.5, 0.6) is 0 Å². The summed E-state index contributed by atoms with van der Waals surface area (Å²) in [7, 11) is 1.94. The molecule has 2 N–H and O–H groups in total. The molecular formula is C14H26N2O2. The number of nitrogens with one attached hydrogen (secondary N) is 2. The molecule has 18 heavy (non-hydrogen) atoms. The van der Waals surface area contributed by atoms with Gasteiger partial charge in [-0.05, 0) is 53.5 Å². The van der Waals surface area contributed by atoms with Gasteiger partial charge in [-0.15, -0.1) is 0 Å². The smallest absolute Gasteiger partial charge is 0.407 e. The maximum absolute atomic E-state index is 11.8. The van der Waals surface area contributed by atoms with E-state index in [0.717, 1.165) is 25.7 Å². The molecule has 0 aromatic heterocycles. The van der Waals surface area contributed by atoms with Crippen molar-refractivity contribution in [1.82, 2.24) is 10.6 Å². The highest BCUT2D eigenvalue weighted by Crippen LogP contribution is 2.14. The van der Waals surface area contributed by atoms with Crippen molar-refractivity contribution in [3.8, 4) is 0 Å². The fraction of sp³-hybridized carbons (Fsp3) is 0.786. The number of rotatable bonds is 2. The second-order valence-electron chi connectivity index (χ2n) is 5.77. The van der Waals surface area contributed by atoms with Crippen LogP contribution in [-0.2, 0) is 4.74 Å². The van der Waals surface area contributed by atoms with Crippen molar-refractivity contribution in [3.63, 3.8) is 0 Å². The van der Waals surface area contributed by atoms with Crippen LogP contribution in [0.15, 0.2) is 12.2 Å². The Hall–Kier alpha value is -1.03. The highest BCUT2D eigenvalue weighted by atomic mass is 16.6. The van der Waals surface area contributed by atoms with Gasteiger partial charge in [0.2, 0.25) is 0 Å². The molecule has 1 aliphatic rings. The van der Waals surface area contributed by atoms with Gasteiger partial charge >= 0.3 is 6.09 Å². The van der Waals surface area contributed by atoms with Gasteiger partial charge in [0, 0.05) is 12.1 Å². The molecule has 0 heterocycles. The first-order valence-corrected chi connectivity index (χ1v) is 6.74. The van der Waals surface area contributed by atoms with Gasteiger partial charge in [0.15, 0.2) is 0 Å². The molecule has 0 bridgehead atoms. The van der Waals surface area contributed by atoms with Crippen molar-refractivity contribution in [2.75, 3.05) is 7.05 Å². The summed E-state index contributed by atoms with van der Waals surface area (Å²) in [6.07, 6.45) is 8.12. The number of carbonyl (C=O) groups is 1. The van der Waals surface area contributed by atoms with Crippen LogP contribution in [0.3, 0.4) is 0 Å². The molecule has 0 spiro atoms. The maximum Gasteiger partial charge on any atom is 0.407 e. The van der Waals surface area contributed by atoms with Crippen LogP contribution in [0, 0.1) is 0 Å². The molecule has 4 nitrogen and oxygen atoms in total. The molecule has 0 aromatic rings. The number of alkyl carbamates (subject to hydrolysis) is 1. The summed E-state index contributed by atoms with van der Waals surface area (Å²) >= 11 is 0. The molecule has 1 aliphatic carbocycles. The molecule has 104 valence electrons. The summed E-state index contributed by atoms with van der Waals surface area (Å²) in [5.74, 6) is 0. The highest BCUT2D eigenvalue weighted by molar-refractivity contribution is 5.68. The third kappa shape index (κ3) is 5.54. The average molecular weight is 254 g/mol. The second kappa shape index (κ2) is 6.78. The zero-order valence-corrected chi connectivity index (χ0v) is 12.0. The normalized spacial score (nSPS) is 26.9. The largest absolute Gasteiger partial charge is 0.444 e. The van der Waals surface area contributed by atoms with Crippen molar-refractivity contribution in [2.24, 2.45) is 0 Å². The Kier molecular flexibility index (Phi) is 5.66. The average Bonchev–Trinajstić information content (AvgIpc) is 2.20. The summed E-state index contributed by atoms with van der Waals surface area (Å²) in [6.45, 7) is 5.63. The van der Waals surface area contributed by atoms with Gasteiger partial charge in [-0.1, -0.05) is 12.2 Å². The van der Waals surface area contributed by atoms with Crippen molar-refractivity contribution < 1.29 is 9.53 Å². The lowest BCUT2D eigenvalue weighted by molar-refractivity contribution is 0.0489. The Balaban J connectivity index is 2.55. The molecule has 0 radical (unpaired) electrons. The molecular weight excluding hydrogens is 228 g/mol. The number of hydrogen-bond acceptors (Lipinski definition) is 3. The lowest BCUT2D eigenvalue weighted by Gasteiger charge is -2.29. The van der Waals surface area contributed by atoms with Gasteiger partial charge in [-0.25, -0.2) is 4.79 Å². The van der Waals surface area contributed by atoms with E-state index in [9.17, 15) is 4.79 Å². The minimum atomic E-state index is -0.444. The highest BCUT2D eigenvalue weighted by Gasteiger charge is 2.24. The van der Waals surface area contributed by atoms with Gasteiger partial charge in [0.25, 0.3) is 0 Å². The third-order valence-corrected chi connectivity index (χ3v) is 3.01. The van der Waals surface area contributed by atoms with Gasteiger partial charge in [-0.2, -0.15) is 0 Å². The minimum absolute atomic E-state index is 0.134. The quantitative estimate of drug-likeness (QED) is 0.745. The first-order chi connectivity index (χ1) is 8.42. The number of hydrogen-bond donors (Lipinski definition) is 2. The van der Waals surface area contributed by atoms with Crippen molar-refractivity contribution in [1.29, 1.82) is 0 Å². The summed E-state index contributed by atoms with van der Waals surface area (Å²) in [5, 5.41) is 6.27. The van der Waals surface area contributed by atoms with E-state index < -0.39 is 5.60 Å². The standard InChI is InChI=1S/C14H26N2O2/c1-14(2,3)18-13(17)16-12-10-8-6-5-7-9-11(12)15-4/h5-6,11-12,15H,7-10H2,1-4H3,(H,16,17)/b6-5+/t11-,12+/m0/s1. The minimum Gasteiger partial charge on any atom is -0.444 e. The number of allylic oxidation sites excluding steroid dienone is 2. The lowest BCUT2D eigenvalue weighted by Crippen LogP contribution is -2.50. The van der Waals surface area contributed by atoms with Crippen LogP contribution < -0.4 is 10.6 Å². The van der Waals surface area contributed by atoms with E-state index in [1.54, 1.807) is 0 Å². The molecule has 1 rings (SSSR count). The summed E-state index contributed by atoms with van der Waals surface area (Å²) in [5.41, 5.74) is -0.444. The van der Waals surface area contributed by atoms with E-state index in [1.165, 1.54) is 0 Å². The fourth-order valence-electron chi connectivity index (χ4n) is 2.17. The van der Waals surface area contributed by atoms with Crippen LogP contribution in [0.1, 0.15) is 46.5 Å². The fourth-order valence-corrected chi connectivity index (χ4v) is 2.17. The molecule has 1 amide bonds. The summed E-state index contributed by atoms with van der Waals surface area (Å²) in [4.78, 5) is 11.8.